The summed E-state index contributed by atoms with van der Waals surface area (Å²) < 4.78 is 18.0. The molecule has 0 radical (unpaired) electrons. The summed E-state index contributed by atoms with van der Waals surface area (Å²) in [4.78, 5) is 4.62. The Kier molecular flexibility index (Phi) is 13.9. The zero-order valence-corrected chi connectivity index (χ0v) is 20.7. The van der Waals surface area contributed by atoms with Crippen LogP contribution < -0.4 is 15.4 Å². The average molecular weight is 570 g/mol. The van der Waals surface area contributed by atoms with E-state index in [2.05, 4.69) is 38.5 Å². The summed E-state index contributed by atoms with van der Waals surface area (Å²) in [6.07, 6.45) is 2.05. The van der Waals surface area contributed by atoms with Crippen LogP contribution >= 0.6 is 39.9 Å². The number of aliphatic imine (C=N–C) groups is 1. The summed E-state index contributed by atoms with van der Waals surface area (Å²) in [6.45, 7) is 9.59. The fourth-order valence-electron chi connectivity index (χ4n) is 2.70. The standard InChI is InChI=1S/C20H32BrN3O3.HI/c1-3-22-20(23-10-6-11-25-14-17-9-12-26-15-17)24-13-16(2)27-19-8-5-4-7-18(19)21;/h4-5,7-8,16-17H,3,6,9-15H2,1-2H3,(H2,22,23,24);1H. The molecule has 1 aromatic carbocycles. The number of nitrogens with zero attached hydrogens (tertiary/aromatic N) is 1. The minimum Gasteiger partial charge on any atom is -0.488 e. The second kappa shape index (κ2) is 15.3. The van der Waals surface area contributed by atoms with Crippen LogP contribution in [0.3, 0.4) is 0 Å². The van der Waals surface area contributed by atoms with Crippen LogP contribution in [0.1, 0.15) is 26.7 Å². The fourth-order valence-corrected chi connectivity index (χ4v) is 3.08. The topological polar surface area (TPSA) is 64.1 Å². The van der Waals surface area contributed by atoms with Crippen LogP contribution in [0.15, 0.2) is 33.7 Å². The molecule has 160 valence electrons. The monoisotopic (exact) mass is 569 g/mol. The van der Waals surface area contributed by atoms with Crippen molar-refractivity contribution < 1.29 is 14.2 Å². The van der Waals surface area contributed by atoms with Gasteiger partial charge in [0.2, 0.25) is 0 Å². The van der Waals surface area contributed by atoms with Crippen molar-refractivity contribution in [1.82, 2.24) is 10.6 Å². The first-order chi connectivity index (χ1) is 13.2. The van der Waals surface area contributed by atoms with E-state index in [4.69, 9.17) is 14.2 Å². The minimum atomic E-state index is -0.0175. The van der Waals surface area contributed by atoms with E-state index in [1.54, 1.807) is 0 Å². The van der Waals surface area contributed by atoms with E-state index in [1.807, 2.05) is 31.2 Å². The van der Waals surface area contributed by atoms with E-state index in [9.17, 15) is 0 Å². The molecule has 2 unspecified atom stereocenters. The van der Waals surface area contributed by atoms with E-state index in [0.717, 1.165) is 68.5 Å². The summed E-state index contributed by atoms with van der Waals surface area (Å²) in [5, 5.41) is 6.61. The van der Waals surface area contributed by atoms with Crippen LogP contribution in [0.5, 0.6) is 5.75 Å². The van der Waals surface area contributed by atoms with Crippen LogP contribution in [-0.2, 0) is 9.47 Å². The first kappa shape index (κ1) is 25.5. The summed E-state index contributed by atoms with van der Waals surface area (Å²) in [5.41, 5.74) is 0. The molecule has 2 atom stereocenters. The van der Waals surface area contributed by atoms with Crippen LogP contribution in [-0.4, -0.2) is 58.1 Å². The number of hydrogen-bond acceptors (Lipinski definition) is 4. The lowest BCUT2D eigenvalue weighted by atomic mass is 10.1. The van der Waals surface area contributed by atoms with E-state index >= 15 is 0 Å². The van der Waals surface area contributed by atoms with Crippen molar-refractivity contribution in [3.05, 3.63) is 28.7 Å². The molecule has 1 aliphatic rings. The van der Waals surface area contributed by atoms with Gasteiger partial charge in [-0.15, -0.1) is 24.0 Å². The smallest absolute Gasteiger partial charge is 0.191 e. The van der Waals surface area contributed by atoms with Gasteiger partial charge in [0.1, 0.15) is 11.9 Å². The molecule has 8 heteroatoms. The summed E-state index contributed by atoms with van der Waals surface area (Å²) in [5.74, 6) is 2.22. The Morgan fingerprint density at radius 2 is 2.18 bits per heavy atom. The third-order valence-electron chi connectivity index (χ3n) is 4.15. The molecular weight excluding hydrogens is 537 g/mol. The Morgan fingerprint density at radius 3 is 2.89 bits per heavy atom. The molecule has 0 bridgehead atoms. The van der Waals surface area contributed by atoms with Crippen LogP contribution in [0.2, 0.25) is 0 Å². The normalized spacial score (nSPS) is 17.7. The highest BCUT2D eigenvalue weighted by molar-refractivity contribution is 14.0. The first-order valence-corrected chi connectivity index (χ1v) is 10.6. The molecule has 1 aromatic rings. The maximum Gasteiger partial charge on any atom is 0.191 e. The Labute approximate surface area is 194 Å². The number of nitrogens with one attached hydrogen (secondary N) is 2. The van der Waals surface area contributed by atoms with E-state index in [1.165, 1.54) is 0 Å². The van der Waals surface area contributed by atoms with Gasteiger partial charge in [-0.3, -0.25) is 0 Å². The lowest BCUT2D eigenvalue weighted by Gasteiger charge is -2.16. The van der Waals surface area contributed by atoms with Gasteiger partial charge in [0.05, 0.1) is 24.2 Å². The number of guanidine groups is 1. The molecule has 1 saturated heterocycles. The predicted octanol–water partition coefficient (Wildman–Crippen LogP) is 3.83. The van der Waals surface area contributed by atoms with E-state index < -0.39 is 0 Å². The summed E-state index contributed by atoms with van der Waals surface area (Å²) in [6, 6.07) is 7.85. The Hall–Kier alpha value is -0.580. The highest BCUT2D eigenvalue weighted by Crippen LogP contribution is 2.24. The van der Waals surface area contributed by atoms with Crippen molar-refractivity contribution in [2.24, 2.45) is 10.9 Å². The van der Waals surface area contributed by atoms with Crippen molar-refractivity contribution >= 4 is 45.9 Å². The van der Waals surface area contributed by atoms with Crippen molar-refractivity contribution in [1.29, 1.82) is 0 Å². The molecule has 1 aliphatic heterocycles. The van der Waals surface area contributed by atoms with Crippen molar-refractivity contribution in [3.63, 3.8) is 0 Å². The molecular formula is C20H33BrIN3O3. The highest BCUT2D eigenvalue weighted by Gasteiger charge is 2.15. The SMILES string of the molecule is CCNC(=NCC(C)Oc1ccccc1Br)NCCCOCC1CCOC1.I. The van der Waals surface area contributed by atoms with Gasteiger partial charge in [-0.2, -0.15) is 0 Å². The highest BCUT2D eigenvalue weighted by atomic mass is 127. The molecule has 28 heavy (non-hydrogen) atoms. The van der Waals surface area contributed by atoms with Gasteiger partial charge in [0, 0.05) is 32.2 Å². The number of ether oxygens (including phenoxy) is 3. The van der Waals surface area contributed by atoms with Gasteiger partial charge >= 0.3 is 0 Å². The lowest BCUT2D eigenvalue weighted by molar-refractivity contribution is 0.0888. The molecule has 1 heterocycles. The molecule has 0 amide bonds. The number of rotatable bonds is 11. The lowest BCUT2D eigenvalue weighted by Crippen LogP contribution is -2.38. The zero-order chi connectivity index (χ0) is 19.3. The number of hydrogen-bond donors (Lipinski definition) is 2. The Bertz CT molecular complexity index is 571. The van der Waals surface area contributed by atoms with Gasteiger partial charge < -0.3 is 24.8 Å². The van der Waals surface area contributed by atoms with Crippen LogP contribution in [0.4, 0.5) is 0 Å². The minimum absolute atomic E-state index is 0. The molecule has 0 saturated carbocycles. The van der Waals surface area contributed by atoms with Gasteiger partial charge in [-0.25, -0.2) is 4.99 Å². The quantitative estimate of drug-likeness (QED) is 0.183. The van der Waals surface area contributed by atoms with E-state index in [-0.39, 0.29) is 30.1 Å². The van der Waals surface area contributed by atoms with Crippen molar-refractivity contribution in [2.45, 2.75) is 32.8 Å². The first-order valence-electron chi connectivity index (χ1n) is 9.78. The fraction of sp³-hybridized carbons (Fsp3) is 0.650. The molecule has 0 aromatic heterocycles. The predicted molar refractivity (Wildman–Crippen MR) is 128 cm³/mol. The summed E-state index contributed by atoms with van der Waals surface area (Å²) in [7, 11) is 0. The summed E-state index contributed by atoms with van der Waals surface area (Å²) >= 11 is 3.50. The maximum absolute atomic E-state index is 5.94. The second-order valence-electron chi connectivity index (χ2n) is 6.66. The van der Waals surface area contributed by atoms with Gasteiger partial charge in [0.25, 0.3) is 0 Å². The van der Waals surface area contributed by atoms with Crippen molar-refractivity contribution in [3.8, 4) is 5.75 Å². The Balaban J connectivity index is 0.00000392. The molecule has 0 spiro atoms. The molecule has 2 rings (SSSR count). The van der Waals surface area contributed by atoms with Gasteiger partial charge in [-0.05, 0) is 54.8 Å². The van der Waals surface area contributed by atoms with Gasteiger partial charge in [0.15, 0.2) is 5.96 Å². The van der Waals surface area contributed by atoms with E-state index in [0.29, 0.717) is 12.5 Å². The Morgan fingerprint density at radius 1 is 1.36 bits per heavy atom. The molecule has 0 aliphatic carbocycles. The van der Waals surface area contributed by atoms with Crippen LogP contribution in [0, 0.1) is 5.92 Å². The number of halogens is 2. The third-order valence-corrected chi connectivity index (χ3v) is 4.81. The maximum atomic E-state index is 5.94. The van der Waals surface area contributed by atoms with Crippen LogP contribution in [0.25, 0.3) is 0 Å². The third kappa shape index (κ3) is 10.3. The molecule has 6 nitrogen and oxygen atoms in total. The largest absolute Gasteiger partial charge is 0.488 e. The second-order valence-corrected chi connectivity index (χ2v) is 7.52. The average Bonchev–Trinajstić information content (AvgIpc) is 3.18. The zero-order valence-electron chi connectivity index (χ0n) is 16.8. The number of para-hydroxylation sites is 1. The molecule has 2 N–H and O–H groups in total. The van der Waals surface area contributed by atoms with Crippen molar-refractivity contribution in [2.75, 3.05) is 46.1 Å². The number of benzene rings is 1. The molecule has 1 fully saturated rings. The van der Waals surface area contributed by atoms with Gasteiger partial charge in [-0.1, -0.05) is 12.1 Å².